The molecule has 4 amide bonds. The number of hydrogen-bond acceptors (Lipinski definition) is 7. The van der Waals surface area contributed by atoms with Crippen molar-refractivity contribution < 1.29 is 23.6 Å². The number of nitrogens with zero attached hydrogens (tertiary/aromatic N) is 1. The van der Waals surface area contributed by atoms with Crippen LogP contribution in [0, 0.1) is 11.7 Å². The molecule has 1 aliphatic carbocycles. The van der Waals surface area contributed by atoms with Gasteiger partial charge in [0.2, 0.25) is 23.6 Å². The first-order valence-electron chi connectivity index (χ1n) is 17.8. The number of benzene rings is 3. The molecule has 0 saturated heterocycles. The molecule has 1 aromatic heterocycles. The minimum absolute atomic E-state index is 0.0715. The van der Waals surface area contributed by atoms with Crippen LogP contribution in [0.2, 0.25) is 0 Å². The van der Waals surface area contributed by atoms with E-state index in [1.165, 1.54) is 23.5 Å². The second kappa shape index (κ2) is 18.5. The number of carbonyl (C=O) groups excluding carboxylic acids is 4. The van der Waals surface area contributed by atoms with Gasteiger partial charge in [-0.1, -0.05) is 80.4 Å². The summed E-state index contributed by atoms with van der Waals surface area (Å²) in [5.41, 5.74) is 8.06. The first-order chi connectivity index (χ1) is 24.7. The molecule has 1 heterocycles. The molecule has 1 aliphatic rings. The van der Waals surface area contributed by atoms with E-state index in [-0.39, 0.29) is 30.6 Å². The first-order valence-corrected chi connectivity index (χ1v) is 18.6. The Hall–Kier alpha value is -4.68. The molecule has 0 aliphatic heterocycles. The highest BCUT2D eigenvalue weighted by Gasteiger charge is 2.36. The molecule has 0 radical (unpaired) electrons. The van der Waals surface area contributed by atoms with Gasteiger partial charge >= 0.3 is 0 Å². The van der Waals surface area contributed by atoms with Gasteiger partial charge < -0.3 is 27.0 Å². The predicted octanol–water partition coefficient (Wildman–Crippen LogP) is 5.07. The molecule has 1 saturated carbocycles. The summed E-state index contributed by atoms with van der Waals surface area (Å²) < 4.78 is 14.6. The molecule has 1 fully saturated rings. The summed E-state index contributed by atoms with van der Waals surface area (Å²) in [4.78, 5) is 59.2. The fourth-order valence-corrected chi connectivity index (χ4v) is 7.57. The minimum Gasteiger partial charge on any atom is -0.344 e. The summed E-state index contributed by atoms with van der Waals surface area (Å²) in [5, 5.41) is 12.5. The van der Waals surface area contributed by atoms with Gasteiger partial charge in [0, 0.05) is 18.9 Å². The molecule has 3 atom stereocenters. The second-order valence-corrected chi connectivity index (χ2v) is 14.2. The third kappa shape index (κ3) is 10.4. The maximum absolute atomic E-state index is 14.2. The van der Waals surface area contributed by atoms with Crippen molar-refractivity contribution in [1.29, 1.82) is 0 Å². The second-order valence-electron chi connectivity index (χ2n) is 13.0. The Bertz CT molecular complexity index is 1730. The van der Waals surface area contributed by atoms with E-state index in [1.54, 1.807) is 13.0 Å². The smallest absolute Gasteiger partial charge is 0.243 e. The van der Waals surface area contributed by atoms with E-state index < -0.39 is 41.8 Å². The van der Waals surface area contributed by atoms with Gasteiger partial charge in [0.15, 0.2) is 0 Å². The van der Waals surface area contributed by atoms with E-state index in [1.807, 2.05) is 60.7 Å². The van der Waals surface area contributed by atoms with Crippen molar-refractivity contribution in [3.8, 4) is 0 Å². The van der Waals surface area contributed by atoms with E-state index in [0.717, 1.165) is 41.5 Å². The maximum Gasteiger partial charge on any atom is 0.243 e. The zero-order chi connectivity index (χ0) is 36.2. The van der Waals surface area contributed by atoms with Crippen LogP contribution in [-0.4, -0.2) is 53.3 Å². The molecule has 270 valence electrons. The summed E-state index contributed by atoms with van der Waals surface area (Å²) >= 11 is 1.32. The van der Waals surface area contributed by atoms with E-state index >= 15 is 0 Å². The lowest BCUT2D eigenvalue weighted by Gasteiger charge is -2.29. The minimum atomic E-state index is -1.01. The third-order valence-electron chi connectivity index (χ3n) is 9.33. The Kier molecular flexibility index (Phi) is 13.6. The van der Waals surface area contributed by atoms with E-state index in [0.29, 0.717) is 36.3 Å². The largest absolute Gasteiger partial charge is 0.344 e. The SMILES string of the molecule is CCC(=O)N[C@@H](Cc1nc2cc(F)ccc2s1)C(=O)N[C@H](C(=O)N[C@@H](CCCCN)C(=O)NC(c1ccccc1)c1ccccc1)C1CCCC1. The van der Waals surface area contributed by atoms with Crippen molar-refractivity contribution in [2.24, 2.45) is 11.7 Å². The van der Waals surface area contributed by atoms with Crippen LogP contribution in [0.5, 0.6) is 0 Å². The van der Waals surface area contributed by atoms with Crippen LogP contribution < -0.4 is 27.0 Å². The number of rotatable bonds is 17. The number of hydrogen-bond donors (Lipinski definition) is 5. The Balaban J connectivity index is 1.36. The maximum atomic E-state index is 14.2. The molecule has 0 bridgehead atoms. The summed E-state index contributed by atoms with van der Waals surface area (Å²) in [7, 11) is 0. The fourth-order valence-electron chi connectivity index (χ4n) is 6.57. The monoisotopic (exact) mass is 714 g/mol. The number of fused-ring (bicyclic) bond motifs is 1. The first kappa shape index (κ1) is 37.6. The van der Waals surface area contributed by atoms with Crippen LogP contribution in [0.4, 0.5) is 4.39 Å². The molecule has 0 unspecified atom stereocenters. The van der Waals surface area contributed by atoms with Crippen LogP contribution in [0.15, 0.2) is 78.9 Å². The van der Waals surface area contributed by atoms with Crippen molar-refractivity contribution in [3.63, 3.8) is 0 Å². The average Bonchev–Trinajstić information content (AvgIpc) is 3.82. The zero-order valence-corrected chi connectivity index (χ0v) is 29.7. The Morgan fingerprint density at radius 1 is 0.824 bits per heavy atom. The highest BCUT2D eigenvalue weighted by molar-refractivity contribution is 7.18. The molecule has 4 aromatic rings. The number of amides is 4. The molecule has 0 spiro atoms. The van der Waals surface area contributed by atoms with E-state index in [9.17, 15) is 23.6 Å². The molecule has 51 heavy (non-hydrogen) atoms. The molecule has 10 nitrogen and oxygen atoms in total. The topological polar surface area (TPSA) is 155 Å². The zero-order valence-electron chi connectivity index (χ0n) is 28.9. The summed E-state index contributed by atoms with van der Waals surface area (Å²) in [6.45, 7) is 2.14. The highest BCUT2D eigenvalue weighted by Crippen LogP contribution is 2.29. The number of aromatic nitrogens is 1. The lowest BCUT2D eigenvalue weighted by Crippen LogP contribution is -2.59. The number of nitrogens with one attached hydrogen (secondary N) is 4. The number of thiazole rings is 1. The molecule has 12 heteroatoms. The molecule has 3 aromatic carbocycles. The summed E-state index contributed by atoms with van der Waals surface area (Å²) in [5.74, 6) is -2.19. The lowest BCUT2D eigenvalue weighted by molar-refractivity contribution is -0.135. The normalized spacial score (nSPS) is 14.9. The molecule has 5 rings (SSSR count). The summed E-state index contributed by atoms with van der Waals surface area (Å²) in [6, 6.07) is 20.4. The van der Waals surface area contributed by atoms with Gasteiger partial charge in [-0.3, -0.25) is 19.2 Å². The molecule has 6 N–H and O–H groups in total. The van der Waals surface area contributed by atoms with Gasteiger partial charge in [-0.15, -0.1) is 11.3 Å². The molecular formula is C39H47FN6O4S. The Labute approximate surface area is 302 Å². The van der Waals surface area contributed by atoms with Gasteiger partial charge in [-0.25, -0.2) is 9.37 Å². The van der Waals surface area contributed by atoms with Gasteiger partial charge in [0.1, 0.15) is 23.9 Å². The van der Waals surface area contributed by atoms with Crippen LogP contribution in [0.25, 0.3) is 10.2 Å². The standard InChI is InChI=1S/C39H47FN6O4S/c1-2-33(47)42-31(24-34-43-30-23-28(40)20-21-32(30)51-34)38(49)46-36(27-17-9-10-18-27)39(50)44-29(19-11-12-22-41)37(48)45-35(25-13-5-3-6-14-25)26-15-7-4-8-16-26/h3-8,13-16,20-21,23,27,29,31,35-36H,2,9-12,17-19,22,24,41H2,1H3,(H,42,47)(H,44,50)(H,45,48)(H,46,49)/t29-,31-,36-/m0/s1. The van der Waals surface area contributed by atoms with E-state index in [4.69, 9.17) is 5.73 Å². The van der Waals surface area contributed by atoms with Gasteiger partial charge in [0.05, 0.1) is 21.3 Å². The lowest BCUT2D eigenvalue weighted by atomic mass is 9.95. The van der Waals surface area contributed by atoms with Crippen molar-refractivity contribution >= 4 is 45.2 Å². The average molecular weight is 715 g/mol. The number of nitrogens with two attached hydrogens (primary N) is 1. The van der Waals surface area contributed by atoms with Gasteiger partial charge in [0.25, 0.3) is 0 Å². The quantitative estimate of drug-likeness (QED) is 0.0963. The Morgan fingerprint density at radius 2 is 1.47 bits per heavy atom. The van der Waals surface area contributed by atoms with Crippen molar-refractivity contribution in [1.82, 2.24) is 26.3 Å². The van der Waals surface area contributed by atoms with Crippen LogP contribution in [0.3, 0.4) is 0 Å². The fraction of sp³-hybridized carbons (Fsp3) is 0.410. The van der Waals surface area contributed by atoms with E-state index in [2.05, 4.69) is 26.3 Å². The van der Waals surface area contributed by atoms with Crippen LogP contribution >= 0.6 is 11.3 Å². The van der Waals surface area contributed by atoms with Crippen molar-refractivity contribution in [3.05, 3.63) is 101 Å². The molecular weight excluding hydrogens is 668 g/mol. The highest BCUT2D eigenvalue weighted by atomic mass is 32.1. The van der Waals surface area contributed by atoms with Crippen molar-refractivity contribution in [2.75, 3.05) is 6.54 Å². The number of halogens is 1. The predicted molar refractivity (Wildman–Crippen MR) is 197 cm³/mol. The van der Waals surface area contributed by atoms with Gasteiger partial charge in [-0.2, -0.15) is 0 Å². The van der Waals surface area contributed by atoms with Crippen LogP contribution in [0.1, 0.15) is 80.5 Å². The summed E-state index contributed by atoms with van der Waals surface area (Å²) in [6.07, 6.45) is 5.20. The third-order valence-corrected chi connectivity index (χ3v) is 10.4. The number of carbonyl (C=O) groups is 4. The number of unbranched alkanes of at least 4 members (excludes halogenated alkanes) is 1. The van der Waals surface area contributed by atoms with Crippen molar-refractivity contribution in [2.45, 2.75) is 88.9 Å². The van der Waals surface area contributed by atoms with Gasteiger partial charge in [-0.05, 0) is 67.8 Å². The Morgan fingerprint density at radius 3 is 2.10 bits per heavy atom. The van der Waals surface area contributed by atoms with Crippen LogP contribution in [-0.2, 0) is 25.6 Å².